The van der Waals surface area contributed by atoms with Crippen molar-refractivity contribution in [3.8, 4) is 0 Å². The van der Waals surface area contributed by atoms with Gasteiger partial charge in [0.15, 0.2) is 6.10 Å². The molecular weight excluding hydrogens is 306 g/mol. The number of hydrogen-bond acceptors (Lipinski definition) is 4. The average molecular weight is 321 g/mol. The fourth-order valence-electron chi connectivity index (χ4n) is 2.24. The van der Waals surface area contributed by atoms with Gasteiger partial charge in [-0.25, -0.2) is 4.79 Å². The molecule has 1 atom stereocenters. The van der Waals surface area contributed by atoms with Gasteiger partial charge in [-0.05, 0) is 28.8 Å². The lowest BCUT2D eigenvalue weighted by molar-refractivity contribution is -0.337. The molecule has 0 bridgehead atoms. The van der Waals surface area contributed by atoms with Crippen molar-refractivity contribution in [3.63, 3.8) is 0 Å². The van der Waals surface area contributed by atoms with Crippen molar-refractivity contribution in [2.45, 2.75) is 25.9 Å². The summed E-state index contributed by atoms with van der Waals surface area (Å²) in [5.41, 5.74) is 0.0727. The Hall–Kier alpha value is -2.50. The first-order valence-electron chi connectivity index (χ1n) is 7.02. The maximum Gasteiger partial charge on any atom is 0.338 e. The minimum atomic E-state index is -4.26. The van der Waals surface area contributed by atoms with E-state index in [0.29, 0.717) is 0 Å². The van der Waals surface area contributed by atoms with E-state index in [-0.39, 0.29) is 5.56 Å². The lowest BCUT2D eigenvalue weighted by Crippen LogP contribution is -2.53. The van der Waals surface area contributed by atoms with Crippen molar-refractivity contribution in [2.75, 3.05) is 0 Å². The van der Waals surface area contributed by atoms with Gasteiger partial charge in [0.1, 0.15) is 5.97 Å². The van der Waals surface area contributed by atoms with Crippen LogP contribution < -0.4 is 5.11 Å². The molecule has 0 amide bonds. The van der Waals surface area contributed by atoms with E-state index in [0.717, 1.165) is 10.8 Å². The summed E-state index contributed by atoms with van der Waals surface area (Å²) in [7, 11) is 0. The Kier molecular flexibility index (Phi) is 4.63. The molecule has 0 aliphatic carbocycles. The topological polar surface area (TPSA) is 66.4 Å². The van der Waals surface area contributed by atoms with Gasteiger partial charge >= 0.3 is 11.9 Å². The smallest absolute Gasteiger partial charge is 0.338 e. The molecule has 2 rings (SSSR count). The predicted molar refractivity (Wildman–Crippen MR) is 77.9 cm³/mol. The third-order valence-corrected chi connectivity index (χ3v) is 3.45. The molecule has 0 aliphatic rings. The van der Waals surface area contributed by atoms with Crippen LogP contribution in [0.3, 0.4) is 0 Å². The number of alkyl halides is 2. The normalized spacial score (nSPS) is 13.1. The Labute approximate surface area is 131 Å². The van der Waals surface area contributed by atoms with Gasteiger partial charge in [-0.15, -0.1) is 0 Å². The molecule has 4 nitrogen and oxygen atoms in total. The molecule has 0 saturated heterocycles. The highest BCUT2D eigenvalue weighted by atomic mass is 19.3. The van der Waals surface area contributed by atoms with Gasteiger partial charge in [-0.1, -0.05) is 44.2 Å². The number of ether oxygens (including phenoxy) is 1. The maximum atomic E-state index is 13.7. The van der Waals surface area contributed by atoms with Gasteiger partial charge in [0, 0.05) is 0 Å². The first-order valence-corrected chi connectivity index (χ1v) is 7.02. The van der Waals surface area contributed by atoms with Crippen molar-refractivity contribution < 1.29 is 28.2 Å². The lowest BCUT2D eigenvalue weighted by Gasteiger charge is -2.30. The number of fused-ring (bicyclic) bond motifs is 1. The highest BCUT2D eigenvalue weighted by Gasteiger charge is 2.46. The first kappa shape index (κ1) is 16.9. The molecular formula is C17H15F2O4-. The number of carboxylic acids is 1. The molecule has 0 N–H and O–H groups in total. The van der Waals surface area contributed by atoms with Crippen LogP contribution in [0.1, 0.15) is 24.2 Å². The fourth-order valence-corrected chi connectivity index (χ4v) is 2.24. The summed E-state index contributed by atoms with van der Waals surface area (Å²) in [6.45, 7) is 2.68. The molecule has 6 heteroatoms. The summed E-state index contributed by atoms with van der Waals surface area (Å²) in [5.74, 6) is -8.73. The first-order chi connectivity index (χ1) is 10.7. The zero-order chi connectivity index (χ0) is 17.2. The van der Waals surface area contributed by atoms with E-state index in [1.165, 1.54) is 26.0 Å². The zero-order valence-corrected chi connectivity index (χ0v) is 12.6. The van der Waals surface area contributed by atoms with E-state index in [1.54, 1.807) is 18.2 Å². The summed E-state index contributed by atoms with van der Waals surface area (Å²) in [4.78, 5) is 22.7. The molecule has 1 unspecified atom stereocenters. The third kappa shape index (κ3) is 3.47. The van der Waals surface area contributed by atoms with Crippen molar-refractivity contribution in [2.24, 2.45) is 5.92 Å². The van der Waals surface area contributed by atoms with Crippen molar-refractivity contribution in [1.82, 2.24) is 0 Å². The Bertz CT molecular complexity index is 740. The van der Waals surface area contributed by atoms with E-state index in [4.69, 9.17) is 4.74 Å². The molecule has 0 aromatic heterocycles. The number of carbonyl (C=O) groups is 2. The molecule has 0 fully saturated rings. The fraction of sp³-hybridized carbons (Fsp3) is 0.294. The van der Waals surface area contributed by atoms with Crippen LogP contribution in [-0.4, -0.2) is 24.0 Å². The third-order valence-electron chi connectivity index (χ3n) is 3.45. The van der Waals surface area contributed by atoms with E-state index < -0.39 is 29.9 Å². The number of carboxylic acid groups (broad SMARTS) is 1. The second-order valence-electron chi connectivity index (χ2n) is 5.54. The summed E-state index contributed by atoms with van der Waals surface area (Å²) < 4.78 is 32.1. The number of benzene rings is 2. The molecule has 122 valence electrons. The molecule has 2 aromatic carbocycles. The Balaban J connectivity index is 2.28. The van der Waals surface area contributed by atoms with Crippen LogP contribution in [0.25, 0.3) is 10.8 Å². The van der Waals surface area contributed by atoms with Crippen LogP contribution in [0.4, 0.5) is 8.78 Å². The van der Waals surface area contributed by atoms with Crippen LogP contribution in [0.2, 0.25) is 0 Å². The van der Waals surface area contributed by atoms with Crippen molar-refractivity contribution >= 4 is 22.7 Å². The number of hydrogen-bond donors (Lipinski definition) is 0. The Morgan fingerprint density at radius 3 is 2.26 bits per heavy atom. The predicted octanol–water partition coefficient (Wildman–Crippen LogP) is 2.41. The van der Waals surface area contributed by atoms with Crippen LogP contribution in [-0.2, 0) is 9.53 Å². The average Bonchev–Trinajstić information content (AvgIpc) is 2.51. The molecule has 0 heterocycles. The molecule has 0 radical (unpaired) electrons. The number of esters is 1. The molecule has 0 spiro atoms. The molecule has 2 aromatic rings. The number of aliphatic carboxylic acids is 1. The van der Waals surface area contributed by atoms with E-state index in [9.17, 15) is 23.5 Å². The Morgan fingerprint density at radius 2 is 1.70 bits per heavy atom. The highest BCUT2D eigenvalue weighted by Crippen LogP contribution is 2.28. The molecule has 0 saturated carbocycles. The van der Waals surface area contributed by atoms with Crippen molar-refractivity contribution in [3.05, 3.63) is 48.0 Å². The minimum absolute atomic E-state index is 0.0727. The lowest BCUT2D eigenvalue weighted by atomic mass is 10.0. The van der Waals surface area contributed by atoms with E-state index in [2.05, 4.69) is 0 Å². The van der Waals surface area contributed by atoms with E-state index in [1.807, 2.05) is 12.1 Å². The standard InChI is InChI=1S/C17H16F2O4/c1-10(2)14(17(18,19)16(21)22)23-15(20)13-8-7-11-5-3-4-6-12(11)9-13/h3-10,14H,1-2H3,(H,21,22)/p-1. The monoisotopic (exact) mass is 321 g/mol. The highest BCUT2D eigenvalue weighted by molar-refractivity contribution is 5.95. The largest absolute Gasteiger partial charge is 0.544 e. The van der Waals surface area contributed by atoms with E-state index >= 15 is 0 Å². The van der Waals surface area contributed by atoms with Gasteiger partial charge < -0.3 is 14.6 Å². The molecule has 0 aliphatic heterocycles. The summed E-state index contributed by atoms with van der Waals surface area (Å²) in [6.07, 6.45) is -2.11. The molecule has 23 heavy (non-hydrogen) atoms. The van der Waals surface area contributed by atoms with Gasteiger partial charge in [0.05, 0.1) is 5.56 Å². The number of carbonyl (C=O) groups excluding carboxylic acids is 2. The van der Waals surface area contributed by atoms with Gasteiger partial charge in [0.2, 0.25) is 0 Å². The summed E-state index contributed by atoms with van der Waals surface area (Å²) >= 11 is 0. The summed E-state index contributed by atoms with van der Waals surface area (Å²) in [6, 6.07) is 11.8. The number of halogens is 2. The summed E-state index contributed by atoms with van der Waals surface area (Å²) in [5, 5.41) is 12.2. The minimum Gasteiger partial charge on any atom is -0.544 e. The quantitative estimate of drug-likeness (QED) is 0.793. The Morgan fingerprint density at radius 1 is 1.09 bits per heavy atom. The zero-order valence-electron chi connectivity index (χ0n) is 12.6. The van der Waals surface area contributed by atoms with Crippen LogP contribution in [0, 0.1) is 5.92 Å². The maximum absolute atomic E-state index is 13.7. The second kappa shape index (κ2) is 6.32. The van der Waals surface area contributed by atoms with Gasteiger partial charge in [0.25, 0.3) is 0 Å². The van der Waals surface area contributed by atoms with Gasteiger partial charge in [-0.2, -0.15) is 8.78 Å². The van der Waals surface area contributed by atoms with Crippen LogP contribution in [0.15, 0.2) is 42.5 Å². The SMILES string of the molecule is CC(C)C(OC(=O)c1ccc2ccccc2c1)C(F)(F)C(=O)[O-]. The number of rotatable bonds is 5. The van der Waals surface area contributed by atoms with Crippen LogP contribution >= 0.6 is 0 Å². The van der Waals surface area contributed by atoms with Gasteiger partial charge in [-0.3, -0.25) is 0 Å². The van der Waals surface area contributed by atoms with Crippen molar-refractivity contribution in [1.29, 1.82) is 0 Å². The van der Waals surface area contributed by atoms with Crippen LogP contribution in [0.5, 0.6) is 0 Å². The second-order valence-corrected chi connectivity index (χ2v) is 5.54.